The topological polar surface area (TPSA) is 61.6 Å². The SMILES string of the molecule is CCCNC(C)(C#N)CCCCSc1nnc(SC)s1. The van der Waals surface area contributed by atoms with E-state index in [9.17, 15) is 5.26 Å². The molecule has 0 radical (unpaired) electrons. The first-order chi connectivity index (χ1) is 9.63. The van der Waals surface area contributed by atoms with Gasteiger partial charge in [-0.2, -0.15) is 5.26 Å². The zero-order valence-electron chi connectivity index (χ0n) is 12.3. The monoisotopic (exact) mass is 330 g/mol. The minimum atomic E-state index is -0.380. The molecule has 0 aliphatic carbocycles. The second-order valence-electron chi connectivity index (χ2n) is 4.71. The van der Waals surface area contributed by atoms with Crippen LogP contribution in [0.15, 0.2) is 8.68 Å². The van der Waals surface area contributed by atoms with E-state index in [2.05, 4.69) is 28.5 Å². The van der Waals surface area contributed by atoms with Crippen molar-refractivity contribution in [2.24, 2.45) is 0 Å². The fourth-order valence-electron chi connectivity index (χ4n) is 1.66. The third-order valence-corrected chi connectivity index (χ3v) is 5.99. The molecule has 20 heavy (non-hydrogen) atoms. The van der Waals surface area contributed by atoms with Crippen LogP contribution in [0.25, 0.3) is 0 Å². The highest BCUT2D eigenvalue weighted by molar-refractivity contribution is 8.02. The lowest BCUT2D eigenvalue weighted by Gasteiger charge is -2.22. The summed E-state index contributed by atoms with van der Waals surface area (Å²) in [6.07, 6.45) is 6.13. The molecule has 7 heteroatoms. The number of nitrogens with one attached hydrogen (secondary N) is 1. The molecule has 0 amide bonds. The van der Waals surface area contributed by atoms with Crippen LogP contribution in [0.3, 0.4) is 0 Å². The average Bonchev–Trinajstić information content (AvgIpc) is 2.93. The smallest absolute Gasteiger partial charge is 0.175 e. The van der Waals surface area contributed by atoms with Gasteiger partial charge in [-0.15, -0.1) is 10.2 Å². The molecule has 1 rings (SSSR count). The van der Waals surface area contributed by atoms with Crippen LogP contribution in [0.4, 0.5) is 0 Å². The standard InChI is InChI=1S/C13H22N4S3/c1-4-8-15-13(2,10-14)7-5-6-9-19-12-17-16-11(18-3)20-12/h15H,4-9H2,1-3H3. The van der Waals surface area contributed by atoms with Gasteiger partial charge >= 0.3 is 0 Å². The molecular formula is C13H22N4S3. The number of unbranched alkanes of at least 4 members (excludes halogenated alkanes) is 1. The van der Waals surface area contributed by atoms with Crippen LogP contribution in [0.5, 0.6) is 0 Å². The highest BCUT2D eigenvalue weighted by Crippen LogP contribution is 2.28. The van der Waals surface area contributed by atoms with Gasteiger partial charge in [0.2, 0.25) is 0 Å². The molecule has 0 fully saturated rings. The molecule has 1 unspecified atom stereocenters. The van der Waals surface area contributed by atoms with Crippen molar-refractivity contribution in [2.75, 3.05) is 18.6 Å². The summed E-state index contributed by atoms with van der Waals surface area (Å²) in [4.78, 5) is 0. The summed E-state index contributed by atoms with van der Waals surface area (Å²) in [5, 5.41) is 20.8. The van der Waals surface area contributed by atoms with Crippen LogP contribution in [0.1, 0.15) is 39.5 Å². The van der Waals surface area contributed by atoms with Crippen LogP contribution >= 0.6 is 34.9 Å². The fraction of sp³-hybridized carbons (Fsp3) is 0.769. The predicted molar refractivity (Wildman–Crippen MR) is 88.6 cm³/mol. The Bertz CT molecular complexity index is 429. The first-order valence-electron chi connectivity index (χ1n) is 6.80. The summed E-state index contributed by atoms with van der Waals surface area (Å²) < 4.78 is 2.06. The second-order valence-corrected chi connectivity index (χ2v) is 8.09. The van der Waals surface area contributed by atoms with Gasteiger partial charge in [0, 0.05) is 5.75 Å². The van der Waals surface area contributed by atoms with Gasteiger partial charge < -0.3 is 0 Å². The van der Waals surface area contributed by atoms with Crippen molar-refractivity contribution in [1.29, 1.82) is 5.26 Å². The summed E-state index contributed by atoms with van der Waals surface area (Å²) in [6, 6.07) is 2.39. The van der Waals surface area contributed by atoms with E-state index < -0.39 is 0 Å². The normalized spacial score (nSPS) is 13.9. The second kappa shape index (κ2) is 9.61. The van der Waals surface area contributed by atoms with Gasteiger partial charge in [0.05, 0.1) is 6.07 Å². The van der Waals surface area contributed by atoms with Crippen molar-refractivity contribution >= 4 is 34.9 Å². The first-order valence-corrected chi connectivity index (χ1v) is 9.83. The molecule has 0 aliphatic rings. The van der Waals surface area contributed by atoms with Crippen molar-refractivity contribution in [3.8, 4) is 6.07 Å². The zero-order chi connectivity index (χ0) is 14.8. The highest BCUT2D eigenvalue weighted by atomic mass is 32.2. The van der Waals surface area contributed by atoms with Crippen molar-refractivity contribution in [2.45, 2.75) is 53.7 Å². The van der Waals surface area contributed by atoms with Crippen molar-refractivity contribution < 1.29 is 0 Å². The van der Waals surface area contributed by atoms with Crippen molar-refractivity contribution in [1.82, 2.24) is 15.5 Å². The third-order valence-electron chi connectivity index (χ3n) is 2.87. The number of nitriles is 1. The Kier molecular flexibility index (Phi) is 8.53. The highest BCUT2D eigenvalue weighted by Gasteiger charge is 2.21. The molecule has 0 aliphatic heterocycles. The molecule has 112 valence electrons. The van der Waals surface area contributed by atoms with Crippen LogP contribution in [-0.4, -0.2) is 34.3 Å². The zero-order valence-corrected chi connectivity index (χ0v) is 14.8. The van der Waals surface area contributed by atoms with Gasteiger partial charge in [0.25, 0.3) is 0 Å². The lowest BCUT2D eigenvalue weighted by molar-refractivity contribution is 0.406. The van der Waals surface area contributed by atoms with E-state index in [1.54, 1.807) is 34.9 Å². The molecule has 0 spiro atoms. The van der Waals surface area contributed by atoms with E-state index in [0.29, 0.717) is 0 Å². The molecule has 1 atom stereocenters. The lowest BCUT2D eigenvalue weighted by Crippen LogP contribution is -2.41. The number of rotatable bonds is 10. The van der Waals surface area contributed by atoms with Crippen LogP contribution in [0, 0.1) is 11.3 Å². The fourth-order valence-corrected chi connectivity index (χ4v) is 4.17. The van der Waals surface area contributed by atoms with Gasteiger partial charge in [-0.1, -0.05) is 41.8 Å². The molecular weight excluding hydrogens is 308 g/mol. The van der Waals surface area contributed by atoms with Crippen LogP contribution < -0.4 is 5.32 Å². The maximum Gasteiger partial charge on any atom is 0.175 e. The number of nitrogens with zero attached hydrogens (tertiary/aromatic N) is 3. The molecule has 1 aromatic rings. The average molecular weight is 331 g/mol. The van der Waals surface area contributed by atoms with Gasteiger partial charge in [0.1, 0.15) is 5.54 Å². The summed E-state index contributed by atoms with van der Waals surface area (Å²) in [7, 11) is 0. The molecule has 1 N–H and O–H groups in total. The van der Waals surface area contributed by atoms with E-state index >= 15 is 0 Å². The molecule has 1 aromatic heterocycles. The number of thioether (sulfide) groups is 2. The van der Waals surface area contributed by atoms with E-state index in [4.69, 9.17) is 0 Å². The molecule has 4 nitrogen and oxygen atoms in total. The Morgan fingerprint density at radius 3 is 2.70 bits per heavy atom. The summed E-state index contributed by atoms with van der Waals surface area (Å²) in [6.45, 7) is 5.01. The number of hydrogen-bond donors (Lipinski definition) is 1. The largest absolute Gasteiger partial charge is 0.300 e. The van der Waals surface area contributed by atoms with E-state index in [1.165, 1.54) is 0 Å². The Morgan fingerprint density at radius 2 is 2.10 bits per heavy atom. The minimum absolute atomic E-state index is 0.380. The van der Waals surface area contributed by atoms with E-state index in [1.807, 2.05) is 13.2 Å². The maximum absolute atomic E-state index is 9.24. The number of aromatic nitrogens is 2. The van der Waals surface area contributed by atoms with Gasteiger partial charge in [-0.05, 0) is 45.4 Å². The first kappa shape index (κ1) is 17.8. The number of hydrogen-bond acceptors (Lipinski definition) is 7. The summed E-state index contributed by atoms with van der Waals surface area (Å²) >= 11 is 5.05. The minimum Gasteiger partial charge on any atom is -0.300 e. The summed E-state index contributed by atoms with van der Waals surface area (Å²) in [5.41, 5.74) is -0.380. The Balaban J connectivity index is 2.19. The Hall–Kier alpha value is -0.290. The Morgan fingerprint density at radius 1 is 1.35 bits per heavy atom. The maximum atomic E-state index is 9.24. The third kappa shape index (κ3) is 6.44. The molecule has 0 saturated carbocycles. The van der Waals surface area contributed by atoms with Crippen LogP contribution in [-0.2, 0) is 0 Å². The van der Waals surface area contributed by atoms with E-state index in [0.717, 1.165) is 46.7 Å². The molecule has 0 aromatic carbocycles. The van der Waals surface area contributed by atoms with Gasteiger partial charge in [0.15, 0.2) is 8.68 Å². The quantitative estimate of drug-likeness (QED) is 0.520. The summed E-state index contributed by atoms with van der Waals surface area (Å²) in [5.74, 6) is 1.04. The Labute approximate surface area is 134 Å². The van der Waals surface area contributed by atoms with Gasteiger partial charge in [-0.25, -0.2) is 0 Å². The van der Waals surface area contributed by atoms with Crippen LogP contribution in [0.2, 0.25) is 0 Å². The van der Waals surface area contributed by atoms with Crippen molar-refractivity contribution in [3.05, 3.63) is 0 Å². The predicted octanol–water partition coefficient (Wildman–Crippen LogP) is 3.80. The van der Waals surface area contributed by atoms with Crippen molar-refractivity contribution in [3.63, 3.8) is 0 Å². The van der Waals surface area contributed by atoms with E-state index in [-0.39, 0.29) is 5.54 Å². The lowest BCUT2D eigenvalue weighted by atomic mass is 9.96. The van der Waals surface area contributed by atoms with Gasteiger partial charge in [-0.3, -0.25) is 5.32 Å². The molecule has 1 heterocycles. The molecule has 0 saturated heterocycles. The molecule has 0 bridgehead atoms.